The molecule has 0 aliphatic carbocycles. The molecule has 8 nitrogen and oxygen atoms in total. The van der Waals surface area contributed by atoms with Crippen molar-refractivity contribution in [3.8, 4) is 11.4 Å². The van der Waals surface area contributed by atoms with Gasteiger partial charge in [0.25, 0.3) is 0 Å². The zero-order valence-electron chi connectivity index (χ0n) is 14.5. The van der Waals surface area contributed by atoms with Crippen LogP contribution in [0.4, 0.5) is 0 Å². The molecule has 3 rings (SSSR count). The number of carbonyl (C=O) groups excluding carboxylic acids is 1. The molecule has 0 saturated carbocycles. The van der Waals surface area contributed by atoms with Crippen LogP contribution in [0.3, 0.4) is 0 Å². The van der Waals surface area contributed by atoms with Crippen molar-refractivity contribution in [1.82, 2.24) is 25.1 Å². The van der Waals surface area contributed by atoms with Crippen LogP contribution in [0.5, 0.6) is 5.75 Å². The summed E-state index contributed by atoms with van der Waals surface area (Å²) in [7, 11) is 1.62. The van der Waals surface area contributed by atoms with Crippen LogP contribution in [0.2, 0.25) is 0 Å². The van der Waals surface area contributed by atoms with Crippen LogP contribution in [0.1, 0.15) is 13.8 Å². The minimum atomic E-state index is 0.0577. The van der Waals surface area contributed by atoms with Gasteiger partial charge in [-0.15, -0.1) is 5.10 Å². The van der Waals surface area contributed by atoms with Gasteiger partial charge in [-0.2, -0.15) is 4.68 Å². The zero-order chi connectivity index (χ0) is 17.8. The molecule has 1 saturated heterocycles. The lowest BCUT2D eigenvalue weighted by atomic mass is 10.2. The molecular weight excluding hydrogens is 342 g/mol. The van der Waals surface area contributed by atoms with Gasteiger partial charge in [-0.25, -0.2) is 0 Å². The number of ether oxygens (including phenoxy) is 2. The lowest BCUT2D eigenvalue weighted by molar-refractivity contribution is -0.140. The maximum absolute atomic E-state index is 12.5. The van der Waals surface area contributed by atoms with Gasteiger partial charge in [0.05, 0.1) is 30.8 Å². The Hall–Kier alpha value is -2.13. The van der Waals surface area contributed by atoms with Gasteiger partial charge >= 0.3 is 0 Å². The molecule has 1 aliphatic heterocycles. The summed E-state index contributed by atoms with van der Waals surface area (Å²) in [5, 5.41) is 12.3. The van der Waals surface area contributed by atoms with Crippen molar-refractivity contribution < 1.29 is 14.3 Å². The lowest BCUT2D eigenvalue weighted by Crippen LogP contribution is -2.48. The fourth-order valence-electron chi connectivity index (χ4n) is 2.75. The summed E-state index contributed by atoms with van der Waals surface area (Å²) in [6, 6.07) is 7.42. The van der Waals surface area contributed by atoms with Gasteiger partial charge in [-0.3, -0.25) is 4.79 Å². The molecule has 1 aromatic carbocycles. The Morgan fingerprint density at radius 3 is 2.60 bits per heavy atom. The Morgan fingerprint density at radius 1 is 1.28 bits per heavy atom. The van der Waals surface area contributed by atoms with Crippen molar-refractivity contribution in [2.24, 2.45) is 0 Å². The monoisotopic (exact) mass is 363 g/mol. The van der Waals surface area contributed by atoms with E-state index in [-0.39, 0.29) is 23.9 Å². The Bertz CT molecular complexity index is 711. The summed E-state index contributed by atoms with van der Waals surface area (Å²) in [6.07, 6.45) is 0.115. The highest BCUT2D eigenvalue weighted by molar-refractivity contribution is 7.99. The van der Waals surface area contributed by atoms with Gasteiger partial charge in [0, 0.05) is 13.1 Å². The first-order valence-electron chi connectivity index (χ1n) is 8.05. The predicted octanol–water partition coefficient (Wildman–Crippen LogP) is 1.40. The molecule has 2 aromatic rings. The number of methoxy groups -OCH3 is 1. The Balaban J connectivity index is 1.64. The molecule has 0 bridgehead atoms. The van der Waals surface area contributed by atoms with E-state index in [9.17, 15) is 4.79 Å². The number of carbonyl (C=O) groups is 1. The van der Waals surface area contributed by atoms with E-state index in [0.717, 1.165) is 11.4 Å². The molecule has 2 heterocycles. The van der Waals surface area contributed by atoms with Crippen molar-refractivity contribution in [3.05, 3.63) is 24.3 Å². The highest BCUT2D eigenvalue weighted by atomic mass is 32.2. The third-order valence-corrected chi connectivity index (χ3v) is 4.76. The molecule has 0 N–H and O–H groups in total. The minimum absolute atomic E-state index is 0.0577. The second-order valence-corrected chi connectivity index (χ2v) is 6.86. The largest absolute Gasteiger partial charge is 0.497 e. The number of hydrogen-bond donors (Lipinski definition) is 0. The van der Waals surface area contributed by atoms with E-state index < -0.39 is 0 Å². The molecular formula is C16H21N5O3S. The first-order chi connectivity index (χ1) is 12.1. The molecule has 2 atom stereocenters. The highest BCUT2D eigenvalue weighted by Crippen LogP contribution is 2.21. The quantitative estimate of drug-likeness (QED) is 0.743. The minimum Gasteiger partial charge on any atom is -0.497 e. The first kappa shape index (κ1) is 17.7. The smallest absolute Gasteiger partial charge is 0.233 e. The number of thioether (sulfide) groups is 1. The van der Waals surface area contributed by atoms with Crippen LogP contribution in [0.15, 0.2) is 29.4 Å². The van der Waals surface area contributed by atoms with Gasteiger partial charge in [0.1, 0.15) is 5.75 Å². The number of rotatable bonds is 5. The Morgan fingerprint density at radius 2 is 1.96 bits per heavy atom. The number of amides is 1. The average molecular weight is 363 g/mol. The standard InChI is InChI=1S/C16H21N5O3S/c1-11-8-20(9-12(2)24-11)15(22)10-25-16-17-18-19-21(16)13-4-6-14(23-3)7-5-13/h4-7,11-12H,8-10H2,1-3H3. The molecule has 9 heteroatoms. The number of tetrazole rings is 1. The van der Waals surface area contributed by atoms with E-state index in [2.05, 4.69) is 15.5 Å². The summed E-state index contributed by atoms with van der Waals surface area (Å²) in [5.74, 6) is 1.11. The number of nitrogens with zero attached hydrogens (tertiary/aromatic N) is 5. The average Bonchev–Trinajstić information content (AvgIpc) is 3.07. The molecule has 1 aliphatic rings. The SMILES string of the molecule is COc1ccc(-n2nnnc2SCC(=O)N2CC(C)OC(C)C2)cc1. The normalized spacial score (nSPS) is 20.5. The van der Waals surface area contributed by atoms with Gasteiger partial charge in [0.15, 0.2) is 0 Å². The van der Waals surface area contributed by atoms with Crippen LogP contribution < -0.4 is 4.74 Å². The van der Waals surface area contributed by atoms with E-state index in [1.54, 1.807) is 11.8 Å². The van der Waals surface area contributed by atoms with Gasteiger partial charge in [-0.05, 0) is 48.5 Å². The van der Waals surface area contributed by atoms with Crippen molar-refractivity contribution in [2.45, 2.75) is 31.2 Å². The van der Waals surface area contributed by atoms with Crippen LogP contribution in [0.25, 0.3) is 5.69 Å². The maximum Gasteiger partial charge on any atom is 0.233 e. The number of hydrogen-bond acceptors (Lipinski definition) is 7. The first-order valence-corrected chi connectivity index (χ1v) is 9.04. The summed E-state index contributed by atoms with van der Waals surface area (Å²) >= 11 is 1.33. The van der Waals surface area contributed by atoms with Crippen LogP contribution in [-0.2, 0) is 9.53 Å². The van der Waals surface area contributed by atoms with Crippen molar-refractivity contribution >= 4 is 17.7 Å². The van der Waals surface area contributed by atoms with Gasteiger partial charge in [-0.1, -0.05) is 11.8 Å². The fourth-order valence-corrected chi connectivity index (χ4v) is 3.55. The summed E-state index contributed by atoms with van der Waals surface area (Å²) in [6.45, 7) is 5.20. The molecule has 2 unspecified atom stereocenters. The summed E-state index contributed by atoms with van der Waals surface area (Å²) < 4.78 is 12.4. The zero-order valence-corrected chi connectivity index (χ0v) is 15.3. The van der Waals surface area contributed by atoms with Crippen molar-refractivity contribution in [1.29, 1.82) is 0 Å². The fraction of sp³-hybridized carbons (Fsp3) is 0.500. The molecule has 1 amide bonds. The molecule has 25 heavy (non-hydrogen) atoms. The van der Waals surface area contributed by atoms with Crippen LogP contribution >= 0.6 is 11.8 Å². The number of aromatic nitrogens is 4. The van der Waals surface area contributed by atoms with E-state index in [1.807, 2.05) is 43.0 Å². The predicted molar refractivity (Wildman–Crippen MR) is 93.0 cm³/mol. The molecule has 0 spiro atoms. The Kier molecular flexibility index (Phi) is 5.54. The highest BCUT2D eigenvalue weighted by Gasteiger charge is 2.26. The second-order valence-electron chi connectivity index (χ2n) is 5.92. The Labute approximate surface area is 150 Å². The lowest BCUT2D eigenvalue weighted by Gasteiger charge is -2.35. The number of morpholine rings is 1. The topological polar surface area (TPSA) is 82.4 Å². The summed E-state index contributed by atoms with van der Waals surface area (Å²) in [5.41, 5.74) is 0.814. The maximum atomic E-state index is 12.5. The van der Waals surface area contributed by atoms with Crippen molar-refractivity contribution in [2.75, 3.05) is 26.0 Å². The van der Waals surface area contributed by atoms with Crippen LogP contribution in [0, 0.1) is 0 Å². The molecule has 1 aromatic heterocycles. The third-order valence-electron chi connectivity index (χ3n) is 3.85. The molecule has 0 radical (unpaired) electrons. The second kappa shape index (κ2) is 7.83. The van der Waals surface area contributed by atoms with Gasteiger partial charge < -0.3 is 14.4 Å². The van der Waals surface area contributed by atoms with Crippen LogP contribution in [-0.4, -0.2) is 69.2 Å². The molecule has 134 valence electrons. The summed E-state index contributed by atoms with van der Waals surface area (Å²) in [4.78, 5) is 14.3. The van der Waals surface area contributed by atoms with Crippen molar-refractivity contribution in [3.63, 3.8) is 0 Å². The van der Waals surface area contributed by atoms with E-state index in [4.69, 9.17) is 9.47 Å². The molecule has 1 fully saturated rings. The van der Waals surface area contributed by atoms with E-state index >= 15 is 0 Å². The van der Waals surface area contributed by atoms with E-state index in [1.165, 1.54) is 11.8 Å². The van der Waals surface area contributed by atoms with E-state index in [0.29, 0.717) is 18.2 Å². The number of benzene rings is 1. The van der Waals surface area contributed by atoms with Gasteiger partial charge in [0.2, 0.25) is 11.1 Å². The third kappa shape index (κ3) is 4.29.